The SMILES string of the molecule is CCOc1cccc(/C(O)=C2/C(=O)C(=O)N(Cc3cccc(OC)c3)C2c2ccccn2)c1. The number of nitrogens with zero attached hydrogens (tertiary/aromatic N) is 2. The summed E-state index contributed by atoms with van der Waals surface area (Å²) in [5.74, 6) is -0.518. The molecule has 2 aromatic carbocycles. The molecule has 168 valence electrons. The Labute approximate surface area is 191 Å². The maximum atomic E-state index is 13.1. The second kappa shape index (κ2) is 9.56. The van der Waals surface area contributed by atoms with Gasteiger partial charge in [-0.25, -0.2) is 0 Å². The third-order valence-corrected chi connectivity index (χ3v) is 5.41. The zero-order valence-electron chi connectivity index (χ0n) is 18.4. The first-order chi connectivity index (χ1) is 16.0. The maximum absolute atomic E-state index is 13.1. The minimum Gasteiger partial charge on any atom is -0.507 e. The van der Waals surface area contributed by atoms with E-state index in [4.69, 9.17) is 9.47 Å². The number of methoxy groups -OCH3 is 1. The summed E-state index contributed by atoms with van der Waals surface area (Å²) in [7, 11) is 1.57. The number of ether oxygens (including phenoxy) is 2. The summed E-state index contributed by atoms with van der Waals surface area (Å²) in [4.78, 5) is 32.1. The Kier molecular flexibility index (Phi) is 6.40. The smallest absolute Gasteiger partial charge is 0.296 e. The highest BCUT2D eigenvalue weighted by atomic mass is 16.5. The molecule has 7 nitrogen and oxygen atoms in total. The lowest BCUT2D eigenvalue weighted by atomic mass is 9.98. The van der Waals surface area contributed by atoms with E-state index in [-0.39, 0.29) is 17.9 Å². The fourth-order valence-corrected chi connectivity index (χ4v) is 3.91. The van der Waals surface area contributed by atoms with Crippen molar-refractivity contribution in [3.05, 3.63) is 95.3 Å². The monoisotopic (exact) mass is 444 g/mol. The third kappa shape index (κ3) is 4.43. The summed E-state index contributed by atoms with van der Waals surface area (Å²) in [6.45, 7) is 2.47. The quantitative estimate of drug-likeness (QED) is 0.335. The first kappa shape index (κ1) is 22.1. The Morgan fingerprint density at radius 1 is 1.03 bits per heavy atom. The van der Waals surface area contributed by atoms with E-state index in [1.807, 2.05) is 19.1 Å². The highest BCUT2D eigenvalue weighted by molar-refractivity contribution is 6.46. The normalized spacial score (nSPS) is 17.3. The first-order valence-electron chi connectivity index (χ1n) is 10.6. The second-order valence-electron chi connectivity index (χ2n) is 7.49. The Morgan fingerprint density at radius 2 is 1.82 bits per heavy atom. The molecule has 7 heteroatoms. The number of aromatic nitrogens is 1. The number of pyridine rings is 1. The number of rotatable bonds is 7. The van der Waals surface area contributed by atoms with E-state index in [2.05, 4.69) is 4.98 Å². The molecular weight excluding hydrogens is 420 g/mol. The molecule has 1 aromatic heterocycles. The molecular formula is C26H24N2O5. The van der Waals surface area contributed by atoms with Crippen molar-refractivity contribution in [1.29, 1.82) is 0 Å². The molecule has 1 aliphatic heterocycles. The predicted octanol–water partition coefficient (Wildman–Crippen LogP) is 4.11. The van der Waals surface area contributed by atoms with Crippen LogP contribution < -0.4 is 9.47 Å². The molecule has 1 saturated heterocycles. The highest BCUT2D eigenvalue weighted by Crippen LogP contribution is 2.40. The van der Waals surface area contributed by atoms with Crippen molar-refractivity contribution >= 4 is 17.4 Å². The second-order valence-corrected chi connectivity index (χ2v) is 7.49. The lowest BCUT2D eigenvalue weighted by Crippen LogP contribution is -2.29. The van der Waals surface area contributed by atoms with Crippen molar-refractivity contribution in [3.8, 4) is 11.5 Å². The summed E-state index contributed by atoms with van der Waals surface area (Å²) < 4.78 is 10.8. The zero-order chi connectivity index (χ0) is 23.4. The molecule has 1 aliphatic rings. The Morgan fingerprint density at radius 3 is 2.55 bits per heavy atom. The number of ketones is 1. The summed E-state index contributed by atoms with van der Waals surface area (Å²) in [6.07, 6.45) is 1.59. The van der Waals surface area contributed by atoms with Crippen molar-refractivity contribution in [3.63, 3.8) is 0 Å². The van der Waals surface area contributed by atoms with Crippen molar-refractivity contribution in [2.24, 2.45) is 0 Å². The zero-order valence-corrected chi connectivity index (χ0v) is 18.4. The number of hydrogen-bond acceptors (Lipinski definition) is 6. The standard InChI is InChI=1S/C26H24N2O5/c1-3-33-20-11-7-9-18(15-20)24(29)22-23(21-12-4-5-13-27-21)28(26(31)25(22)30)16-17-8-6-10-19(14-17)32-2/h4-15,23,29H,3,16H2,1-2H3/b24-22-. The van der Waals surface area contributed by atoms with E-state index >= 15 is 0 Å². The van der Waals surface area contributed by atoms with E-state index < -0.39 is 17.7 Å². The van der Waals surface area contributed by atoms with Crippen LogP contribution in [0.3, 0.4) is 0 Å². The van der Waals surface area contributed by atoms with Gasteiger partial charge in [-0.1, -0.05) is 30.3 Å². The van der Waals surface area contributed by atoms with Crippen LogP contribution in [0.2, 0.25) is 0 Å². The molecule has 33 heavy (non-hydrogen) atoms. The number of carbonyl (C=O) groups is 2. The van der Waals surface area contributed by atoms with Crippen LogP contribution in [-0.2, 0) is 16.1 Å². The lowest BCUT2D eigenvalue weighted by molar-refractivity contribution is -0.140. The van der Waals surface area contributed by atoms with Gasteiger partial charge in [-0.3, -0.25) is 14.6 Å². The molecule has 0 spiro atoms. The molecule has 0 bridgehead atoms. The van der Waals surface area contributed by atoms with Gasteiger partial charge in [-0.05, 0) is 48.9 Å². The number of Topliss-reactive ketones (excluding diaryl/α,β-unsaturated/α-hetero) is 1. The van der Waals surface area contributed by atoms with E-state index in [1.54, 1.807) is 67.9 Å². The van der Waals surface area contributed by atoms with Gasteiger partial charge in [0.05, 0.1) is 25.0 Å². The Bertz CT molecular complexity index is 1210. The van der Waals surface area contributed by atoms with Gasteiger partial charge in [0.1, 0.15) is 23.3 Å². The van der Waals surface area contributed by atoms with E-state index in [0.717, 1.165) is 5.56 Å². The fraction of sp³-hybridized carbons (Fsp3) is 0.192. The van der Waals surface area contributed by atoms with Gasteiger partial charge in [-0.15, -0.1) is 0 Å². The molecule has 0 aliphatic carbocycles. The van der Waals surface area contributed by atoms with Crippen LogP contribution in [0.15, 0.2) is 78.5 Å². The number of carbonyl (C=O) groups excluding carboxylic acids is 2. The van der Waals surface area contributed by atoms with Gasteiger partial charge in [0, 0.05) is 18.3 Å². The highest BCUT2D eigenvalue weighted by Gasteiger charge is 2.46. The largest absolute Gasteiger partial charge is 0.507 e. The fourth-order valence-electron chi connectivity index (χ4n) is 3.91. The van der Waals surface area contributed by atoms with Crippen LogP contribution in [-0.4, -0.2) is 40.4 Å². The minimum absolute atomic E-state index is 0.00440. The van der Waals surface area contributed by atoms with E-state index in [1.165, 1.54) is 4.90 Å². The van der Waals surface area contributed by atoms with Crippen molar-refractivity contribution < 1.29 is 24.2 Å². The maximum Gasteiger partial charge on any atom is 0.296 e. The van der Waals surface area contributed by atoms with Gasteiger partial charge in [-0.2, -0.15) is 0 Å². The average molecular weight is 444 g/mol. The molecule has 0 saturated carbocycles. The number of aliphatic hydroxyl groups excluding tert-OH is 1. The van der Waals surface area contributed by atoms with Gasteiger partial charge in [0.25, 0.3) is 11.7 Å². The van der Waals surface area contributed by atoms with Crippen LogP contribution in [0.5, 0.6) is 11.5 Å². The first-order valence-corrected chi connectivity index (χ1v) is 10.6. The number of likely N-dealkylation sites (tertiary alicyclic amines) is 1. The van der Waals surface area contributed by atoms with Crippen LogP contribution in [0.4, 0.5) is 0 Å². The van der Waals surface area contributed by atoms with Crippen LogP contribution in [0.1, 0.15) is 29.8 Å². The minimum atomic E-state index is -0.840. The van der Waals surface area contributed by atoms with Gasteiger partial charge in [0.2, 0.25) is 0 Å². The molecule has 1 amide bonds. The Balaban J connectivity index is 1.82. The van der Waals surface area contributed by atoms with Crippen molar-refractivity contribution in [1.82, 2.24) is 9.88 Å². The third-order valence-electron chi connectivity index (χ3n) is 5.41. The topological polar surface area (TPSA) is 89.0 Å². The number of amides is 1. The molecule has 3 aromatic rings. The molecule has 1 N–H and O–H groups in total. The lowest BCUT2D eigenvalue weighted by Gasteiger charge is -2.24. The molecule has 1 unspecified atom stereocenters. The molecule has 0 radical (unpaired) electrons. The Hall–Kier alpha value is -4.13. The van der Waals surface area contributed by atoms with Gasteiger partial charge >= 0.3 is 0 Å². The van der Waals surface area contributed by atoms with Crippen molar-refractivity contribution in [2.45, 2.75) is 19.5 Å². The van der Waals surface area contributed by atoms with Crippen LogP contribution >= 0.6 is 0 Å². The number of benzene rings is 2. The summed E-state index contributed by atoms with van der Waals surface area (Å²) in [6, 6.07) is 18.5. The summed E-state index contributed by atoms with van der Waals surface area (Å²) >= 11 is 0. The average Bonchev–Trinajstić information content (AvgIpc) is 3.09. The van der Waals surface area contributed by atoms with Crippen LogP contribution in [0, 0.1) is 0 Å². The van der Waals surface area contributed by atoms with Crippen LogP contribution in [0.25, 0.3) is 5.76 Å². The van der Waals surface area contributed by atoms with E-state index in [9.17, 15) is 14.7 Å². The predicted molar refractivity (Wildman–Crippen MR) is 123 cm³/mol. The summed E-state index contributed by atoms with van der Waals surface area (Å²) in [5, 5.41) is 11.2. The van der Waals surface area contributed by atoms with E-state index in [0.29, 0.717) is 29.4 Å². The molecule has 1 fully saturated rings. The summed E-state index contributed by atoms with van der Waals surface area (Å²) in [5.41, 5.74) is 1.66. The molecule has 1 atom stereocenters. The molecule has 4 rings (SSSR count). The number of aliphatic hydroxyl groups is 1. The molecule has 2 heterocycles. The van der Waals surface area contributed by atoms with Crippen molar-refractivity contribution in [2.75, 3.05) is 13.7 Å². The van der Waals surface area contributed by atoms with Gasteiger partial charge in [0.15, 0.2) is 0 Å². The van der Waals surface area contributed by atoms with Gasteiger partial charge < -0.3 is 19.5 Å². The number of hydrogen-bond donors (Lipinski definition) is 1.